The molecule has 0 atom stereocenters. The molecule has 0 saturated carbocycles. The number of nitrogens with one attached hydrogen (secondary N) is 1. The van der Waals surface area contributed by atoms with Gasteiger partial charge in [0, 0.05) is 19.5 Å². The molecule has 1 rings (SSSR count). The summed E-state index contributed by atoms with van der Waals surface area (Å²) in [5, 5.41) is 7.26. The lowest BCUT2D eigenvalue weighted by molar-refractivity contribution is 0.288. The zero-order chi connectivity index (χ0) is 12.8. The van der Waals surface area contributed by atoms with Gasteiger partial charge in [-0.15, -0.1) is 0 Å². The van der Waals surface area contributed by atoms with E-state index in [0.717, 1.165) is 19.6 Å². The number of amidine groups is 1. The summed E-state index contributed by atoms with van der Waals surface area (Å²) in [5.74, 6) is 0.267. The fraction of sp³-hybridized carbons (Fsp3) is 0.500. The summed E-state index contributed by atoms with van der Waals surface area (Å²) < 4.78 is 0. The molecule has 0 aromatic heterocycles. The van der Waals surface area contributed by atoms with E-state index in [9.17, 15) is 0 Å². The third-order valence-corrected chi connectivity index (χ3v) is 2.83. The Kier molecular flexibility index (Phi) is 5.16. The van der Waals surface area contributed by atoms with Gasteiger partial charge in [-0.1, -0.05) is 36.2 Å². The minimum atomic E-state index is 0.267. The van der Waals surface area contributed by atoms with Crippen LogP contribution in [0.1, 0.15) is 30.0 Å². The standard InChI is InChI=1S/C14H23N3/c1-4-17(6-5-14(15)16)10-13-8-11(2)7-12(3)9-13/h7-9H,4-6,10H2,1-3H3,(H3,15,16). The van der Waals surface area contributed by atoms with Crippen molar-refractivity contribution in [1.29, 1.82) is 5.41 Å². The summed E-state index contributed by atoms with van der Waals surface area (Å²) in [6.45, 7) is 9.18. The zero-order valence-corrected chi connectivity index (χ0v) is 11.1. The van der Waals surface area contributed by atoms with Crippen LogP contribution >= 0.6 is 0 Å². The first-order chi connectivity index (χ1) is 8.01. The topological polar surface area (TPSA) is 53.1 Å². The van der Waals surface area contributed by atoms with Gasteiger partial charge in [-0.3, -0.25) is 10.3 Å². The van der Waals surface area contributed by atoms with E-state index >= 15 is 0 Å². The van der Waals surface area contributed by atoms with Crippen LogP contribution in [0.15, 0.2) is 18.2 Å². The normalized spacial score (nSPS) is 10.8. The zero-order valence-electron chi connectivity index (χ0n) is 11.1. The molecule has 3 nitrogen and oxygen atoms in total. The van der Waals surface area contributed by atoms with Gasteiger partial charge >= 0.3 is 0 Å². The van der Waals surface area contributed by atoms with E-state index < -0.39 is 0 Å². The number of hydrogen-bond donors (Lipinski definition) is 2. The van der Waals surface area contributed by atoms with Gasteiger partial charge in [-0.25, -0.2) is 0 Å². The molecule has 0 aliphatic carbocycles. The maximum absolute atomic E-state index is 7.26. The molecule has 0 unspecified atom stereocenters. The number of hydrogen-bond acceptors (Lipinski definition) is 2. The van der Waals surface area contributed by atoms with E-state index in [2.05, 4.69) is 43.9 Å². The lowest BCUT2D eigenvalue weighted by Gasteiger charge is -2.20. The van der Waals surface area contributed by atoms with E-state index in [0.29, 0.717) is 6.42 Å². The Hall–Kier alpha value is -1.35. The van der Waals surface area contributed by atoms with Crippen LogP contribution in [0.25, 0.3) is 0 Å². The van der Waals surface area contributed by atoms with E-state index in [4.69, 9.17) is 11.1 Å². The Morgan fingerprint density at radius 3 is 2.29 bits per heavy atom. The SMILES string of the molecule is CCN(CCC(=N)N)Cc1cc(C)cc(C)c1. The van der Waals surface area contributed by atoms with Crippen molar-refractivity contribution >= 4 is 5.84 Å². The summed E-state index contributed by atoms with van der Waals surface area (Å²) in [6, 6.07) is 6.64. The molecular weight excluding hydrogens is 210 g/mol. The summed E-state index contributed by atoms with van der Waals surface area (Å²) in [4.78, 5) is 2.32. The van der Waals surface area contributed by atoms with Crippen molar-refractivity contribution < 1.29 is 0 Å². The van der Waals surface area contributed by atoms with E-state index in [1.54, 1.807) is 0 Å². The molecule has 0 amide bonds. The summed E-state index contributed by atoms with van der Waals surface area (Å²) in [5.41, 5.74) is 9.35. The lowest BCUT2D eigenvalue weighted by atomic mass is 10.1. The van der Waals surface area contributed by atoms with Gasteiger partial charge in [0.1, 0.15) is 0 Å². The fourth-order valence-corrected chi connectivity index (χ4v) is 2.05. The molecule has 94 valence electrons. The van der Waals surface area contributed by atoms with E-state index in [-0.39, 0.29) is 5.84 Å². The molecule has 1 aromatic carbocycles. The highest BCUT2D eigenvalue weighted by atomic mass is 15.1. The smallest absolute Gasteiger partial charge is 0.0918 e. The maximum atomic E-state index is 7.26. The molecule has 0 radical (unpaired) electrons. The number of aryl methyl sites for hydroxylation is 2. The predicted octanol–water partition coefficient (Wildman–Crippen LogP) is 2.45. The quantitative estimate of drug-likeness (QED) is 0.586. The molecule has 3 heteroatoms. The fourth-order valence-electron chi connectivity index (χ4n) is 2.05. The molecule has 0 bridgehead atoms. The molecule has 0 spiro atoms. The van der Waals surface area contributed by atoms with Gasteiger partial charge in [-0.05, 0) is 26.0 Å². The van der Waals surface area contributed by atoms with Crippen molar-refractivity contribution in [2.24, 2.45) is 5.73 Å². The van der Waals surface area contributed by atoms with Crippen LogP contribution < -0.4 is 5.73 Å². The number of benzene rings is 1. The Balaban J connectivity index is 2.63. The third-order valence-electron chi connectivity index (χ3n) is 2.83. The summed E-state index contributed by atoms with van der Waals surface area (Å²) in [6.07, 6.45) is 0.651. The lowest BCUT2D eigenvalue weighted by Crippen LogP contribution is -2.27. The minimum Gasteiger partial charge on any atom is -0.388 e. The highest BCUT2D eigenvalue weighted by molar-refractivity contribution is 5.76. The first kappa shape index (κ1) is 13.7. The Bertz CT molecular complexity index is 365. The molecule has 0 aliphatic heterocycles. The Labute approximate surface area is 104 Å². The number of nitrogens with two attached hydrogens (primary N) is 1. The summed E-state index contributed by atoms with van der Waals surface area (Å²) in [7, 11) is 0. The second-order valence-electron chi connectivity index (χ2n) is 4.64. The van der Waals surface area contributed by atoms with Crippen molar-refractivity contribution in [3.05, 3.63) is 34.9 Å². The van der Waals surface area contributed by atoms with E-state index in [1.807, 2.05) is 0 Å². The van der Waals surface area contributed by atoms with Crippen molar-refractivity contribution in [3.63, 3.8) is 0 Å². The van der Waals surface area contributed by atoms with E-state index in [1.165, 1.54) is 16.7 Å². The molecule has 17 heavy (non-hydrogen) atoms. The van der Waals surface area contributed by atoms with Gasteiger partial charge < -0.3 is 5.73 Å². The maximum Gasteiger partial charge on any atom is 0.0918 e. The van der Waals surface area contributed by atoms with Crippen molar-refractivity contribution in [2.45, 2.75) is 33.7 Å². The van der Waals surface area contributed by atoms with Crippen LogP contribution in [-0.2, 0) is 6.54 Å². The second kappa shape index (κ2) is 6.40. The average molecular weight is 233 g/mol. The molecule has 0 aliphatic rings. The summed E-state index contributed by atoms with van der Waals surface area (Å²) >= 11 is 0. The molecule has 1 aromatic rings. The third kappa shape index (κ3) is 5.00. The first-order valence-electron chi connectivity index (χ1n) is 6.13. The molecule has 0 fully saturated rings. The first-order valence-corrected chi connectivity index (χ1v) is 6.13. The van der Waals surface area contributed by atoms with Crippen molar-refractivity contribution in [2.75, 3.05) is 13.1 Å². The van der Waals surface area contributed by atoms with Gasteiger partial charge in [0.05, 0.1) is 5.84 Å². The van der Waals surface area contributed by atoms with Crippen LogP contribution in [0.2, 0.25) is 0 Å². The van der Waals surface area contributed by atoms with Crippen LogP contribution in [-0.4, -0.2) is 23.8 Å². The molecule has 3 N–H and O–H groups in total. The van der Waals surface area contributed by atoms with Gasteiger partial charge in [0.25, 0.3) is 0 Å². The van der Waals surface area contributed by atoms with Crippen molar-refractivity contribution in [1.82, 2.24) is 4.90 Å². The Morgan fingerprint density at radius 1 is 1.24 bits per heavy atom. The Morgan fingerprint density at radius 2 is 1.82 bits per heavy atom. The predicted molar refractivity (Wildman–Crippen MR) is 73.4 cm³/mol. The number of nitrogens with zero attached hydrogens (tertiary/aromatic N) is 1. The number of rotatable bonds is 6. The van der Waals surface area contributed by atoms with Crippen LogP contribution in [0.5, 0.6) is 0 Å². The second-order valence-corrected chi connectivity index (χ2v) is 4.64. The molecular formula is C14H23N3. The van der Waals surface area contributed by atoms with Crippen LogP contribution in [0.4, 0.5) is 0 Å². The van der Waals surface area contributed by atoms with Crippen molar-refractivity contribution in [3.8, 4) is 0 Å². The largest absolute Gasteiger partial charge is 0.388 e. The average Bonchev–Trinajstić information content (AvgIpc) is 2.22. The van der Waals surface area contributed by atoms with Gasteiger partial charge in [-0.2, -0.15) is 0 Å². The van der Waals surface area contributed by atoms with Gasteiger partial charge in [0.15, 0.2) is 0 Å². The van der Waals surface area contributed by atoms with Crippen LogP contribution in [0, 0.1) is 19.3 Å². The van der Waals surface area contributed by atoms with Gasteiger partial charge in [0.2, 0.25) is 0 Å². The molecule has 0 saturated heterocycles. The highest BCUT2D eigenvalue weighted by Gasteiger charge is 2.05. The minimum absolute atomic E-state index is 0.267. The monoisotopic (exact) mass is 233 g/mol. The highest BCUT2D eigenvalue weighted by Crippen LogP contribution is 2.11. The molecule has 0 heterocycles. The van der Waals surface area contributed by atoms with Crippen LogP contribution in [0.3, 0.4) is 0 Å².